The van der Waals surface area contributed by atoms with Crippen molar-refractivity contribution < 1.29 is 29.0 Å². The lowest BCUT2D eigenvalue weighted by Crippen LogP contribution is -2.72. The number of thioether (sulfide) groups is 1. The number of aromatic nitrogens is 3. The topological polar surface area (TPSA) is 167 Å². The Bertz CT molecular complexity index is 1320. The van der Waals surface area contributed by atoms with Gasteiger partial charge < -0.3 is 25.8 Å². The van der Waals surface area contributed by atoms with Gasteiger partial charge in [0.1, 0.15) is 29.9 Å². The number of nitrogen functional groups attached to an aromatic ring is 1. The molecule has 2 aromatic heterocycles. The first-order valence-corrected chi connectivity index (χ1v) is 13.1. The summed E-state index contributed by atoms with van der Waals surface area (Å²) in [6.45, 7) is 1.84. The number of hydrogen-bond donors (Lipinski definition) is 2. The first kappa shape index (κ1) is 24.2. The number of β-lactam (4-membered cyclic amide) rings is 1. The molecule has 1 saturated heterocycles. The molecule has 2 aromatic rings. The van der Waals surface area contributed by atoms with Gasteiger partial charge in [-0.15, -0.1) is 23.1 Å². The van der Waals surface area contributed by atoms with Crippen LogP contribution in [0.2, 0.25) is 0 Å². The summed E-state index contributed by atoms with van der Waals surface area (Å²) < 4.78 is 1.54. The van der Waals surface area contributed by atoms with Gasteiger partial charge >= 0.3 is 0 Å². The second kappa shape index (κ2) is 9.50. The normalized spacial score (nSPS) is 23.5. The van der Waals surface area contributed by atoms with E-state index in [-0.39, 0.29) is 27.5 Å². The third kappa shape index (κ3) is 4.09. The third-order valence-corrected chi connectivity index (χ3v) is 8.38. The second-order valence-electron chi connectivity index (χ2n) is 8.52. The van der Waals surface area contributed by atoms with Gasteiger partial charge in [0.2, 0.25) is 6.20 Å². The molecule has 2 unspecified atom stereocenters. The van der Waals surface area contributed by atoms with Gasteiger partial charge in [0.15, 0.2) is 10.8 Å². The Balaban J connectivity index is 1.43. The maximum absolute atomic E-state index is 13.1. The number of nitrogens with one attached hydrogen (secondary N) is 1. The van der Waals surface area contributed by atoms with E-state index in [1.54, 1.807) is 16.3 Å². The van der Waals surface area contributed by atoms with Crippen molar-refractivity contribution in [3.8, 4) is 0 Å². The summed E-state index contributed by atoms with van der Waals surface area (Å²) in [5.41, 5.74) is 8.12. The summed E-state index contributed by atoms with van der Waals surface area (Å²) in [5, 5.41) is 23.9. The predicted molar refractivity (Wildman–Crippen MR) is 129 cm³/mol. The molecule has 3 atom stereocenters. The molecule has 2 aliphatic heterocycles. The van der Waals surface area contributed by atoms with Crippen molar-refractivity contribution >= 4 is 57.4 Å². The van der Waals surface area contributed by atoms with Gasteiger partial charge in [-0.2, -0.15) is 0 Å². The molecule has 0 radical (unpaired) electrons. The number of anilines is 1. The monoisotopic (exact) mass is 529 g/mol. The fourth-order valence-electron chi connectivity index (χ4n) is 4.65. The quantitative estimate of drug-likeness (QED) is 0.207. The average Bonchev–Trinajstić information content (AvgIpc) is 3.30. The summed E-state index contributed by atoms with van der Waals surface area (Å²) in [7, 11) is 1.28. The molecule has 0 bridgehead atoms. The molecule has 12 nitrogen and oxygen atoms in total. The van der Waals surface area contributed by atoms with Crippen molar-refractivity contribution in [3.63, 3.8) is 0 Å². The summed E-state index contributed by atoms with van der Waals surface area (Å²) in [4.78, 5) is 48.3. The summed E-state index contributed by atoms with van der Waals surface area (Å²) >= 11 is 2.48. The number of fused-ring (bicyclic) bond motifs is 2. The molecule has 0 saturated carbocycles. The van der Waals surface area contributed by atoms with E-state index in [0.29, 0.717) is 5.70 Å². The predicted octanol–water partition coefficient (Wildman–Crippen LogP) is -0.956. The fourth-order valence-corrected chi connectivity index (χ4v) is 6.64. The Morgan fingerprint density at radius 3 is 2.75 bits per heavy atom. The molecular formula is C22H23N7O5S2. The average molecular weight is 530 g/mol. The molecule has 4 heterocycles. The van der Waals surface area contributed by atoms with Gasteiger partial charge in [0.05, 0.1) is 17.4 Å². The molecule has 3 aliphatic rings. The van der Waals surface area contributed by atoms with Crippen molar-refractivity contribution in [2.45, 2.75) is 49.3 Å². The Kier molecular flexibility index (Phi) is 6.38. The zero-order valence-electron chi connectivity index (χ0n) is 19.5. The van der Waals surface area contributed by atoms with Crippen LogP contribution in [0.15, 0.2) is 28.6 Å². The van der Waals surface area contributed by atoms with E-state index in [0.717, 1.165) is 53.0 Å². The van der Waals surface area contributed by atoms with Crippen molar-refractivity contribution in [3.05, 3.63) is 40.3 Å². The molecule has 36 heavy (non-hydrogen) atoms. The molecule has 1 fully saturated rings. The fraction of sp³-hybridized carbons (Fsp3) is 0.409. The highest BCUT2D eigenvalue weighted by Gasteiger charge is 2.57. The minimum absolute atomic E-state index is 0.143. The lowest BCUT2D eigenvalue weighted by molar-refractivity contribution is -0.649. The zero-order valence-corrected chi connectivity index (χ0v) is 21.1. The largest absolute Gasteiger partial charge is 0.543 e. The van der Waals surface area contributed by atoms with Gasteiger partial charge in [0.25, 0.3) is 17.5 Å². The Morgan fingerprint density at radius 2 is 2.08 bits per heavy atom. The van der Waals surface area contributed by atoms with Crippen molar-refractivity contribution in [2.75, 3.05) is 12.8 Å². The molecular weight excluding hydrogens is 506 g/mol. The number of hydrogen-bond acceptors (Lipinski definition) is 11. The molecule has 1 aliphatic carbocycles. The van der Waals surface area contributed by atoms with Crippen LogP contribution in [0.25, 0.3) is 5.70 Å². The Morgan fingerprint density at radius 1 is 1.33 bits per heavy atom. The van der Waals surface area contributed by atoms with Crippen LogP contribution >= 0.6 is 23.1 Å². The Hall–Kier alpha value is -3.52. The number of carboxylic acid groups (broad SMARTS) is 1. The van der Waals surface area contributed by atoms with Gasteiger partial charge in [-0.05, 0) is 43.3 Å². The summed E-state index contributed by atoms with van der Waals surface area (Å²) in [6, 6.07) is -0.972. The highest BCUT2D eigenvalue weighted by molar-refractivity contribution is 8.01. The van der Waals surface area contributed by atoms with Crippen LogP contribution in [0.1, 0.15) is 36.6 Å². The number of aryl methyl sites for hydroxylation is 2. The van der Waals surface area contributed by atoms with Gasteiger partial charge in [-0.1, -0.05) is 9.84 Å². The van der Waals surface area contributed by atoms with Crippen LogP contribution in [-0.2, 0) is 32.1 Å². The van der Waals surface area contributed by atoms with E-state index in [1.165, 1.54) is 18.9 Å². The molecule has 5 rings (SSSR count). The Labute approximate surface area is 214 Å². The first-order valence-electron chi connectivity index (χ1n) is 11.3. The van der Waals surface area contributed by atoms with Crippen molar-refractivity contribution in [1.29, 1.82) is 0 Å². The smallest absolute Gasteiger partial charge is 0.276 e. The molecule has 188 valence electrons. The molecule has 2 amide bonds. The molecule has 0 spiro atoms. The van der Waals surface area contributed by atoms with E-state index < -0.39 is 29.2 Å². The highest BCUT2D eigenvalue weighted by Crippen LogP contribution is 2.44. The van der Waals surface area contributed by atoms with Crippen LogP contribution in [0.3, 0.4) is 0 Å². The van der Waals surface area contributed by atoms with Crippen LogP contribution in [0.4, 0.5) is 5.13 Å². The van der Waals surface area contributed by atoms with Crippen LogP contribution in [0, 0.1) is 0 Å². The second-order valence-corrected chi connectivity index (χ2v) is 10.9. The first-order chi connectivity index (χ1) is 17.3. The third-order valence-electron chi connectivity index (χ3n) is 6.32. The van der Waals surface area contributed by atoms with Crippen LogP contribution in [-0.4, -0.2) is 62.3 Å². The van der Waals surface area contributed by atoms with Crippen molar-refractivity contribution in [1.82, 2.24) is 20.3 Å². The lowest BCUT2D eigenvalue weighted by atomic mass is 9.94. The van der Waals surface area contributed by atoms with Crippen molar-refractivity contribution in [2.24, 2.45) is 5.16 Å². The molecule has 3 N–H and O–H groups in total. The SMILES string of the molecule is CON=C(C(=O)NC1C(=O)N2C(C(=O)[O-])=C([n+]3cc4c(cn3)CCCC4)C(C)S[C@H]12)c1csc(N)n1. The number of carboxylic acids is 1. The number of carbonyl (C=O) groups is 3. The molecule has 14 heteroatoms. The minimum Gasteiger partial charge on any atom is -0.543 e. The number of oxime groups is 1. The van der Waals surface area contributed by atoms with Gasteiger partial charge in [-0.3, -0.25) is 14.5 Å². The minimum atomic E-state index is -1.48. The standard InChI is InChI=1S/C22H23N7O5S2/c1-10-16(28-8-12-6-4-3-5-11(12)7-24-28)17(21(32)33)29-19(31)15(20(29)36-10)26-18(30)14(27-34-2)13-9-35-22(23)25-13/h7-10,15,20H,3-6H2,1-2H3,(H3-,23,25,26,30,32,33)/t10?,15?,20-/m1/s1. The summed E-state index contributed by atoms with van der Waals surface area (Å²) in [6.07, 6.45) is 7.60. The zero-order chi connectivity index (χ0) is 25.6. The van der Waals surface area contributed by atoms with Gasteiger partial charge in [0, 0.05) is 10.9 Å². The number of nitrogens with two attached hydrogens (primary N) is 1. The number of amides is 2. The molecule has 0 aromatic carbocycles. The van der Waals surface area contributed by atoms with E-state index in [2.05, 4.69) is 20.6 Å². The van der Waals surface area contributed by atoms with Crippen LogP contribution in [0.5, 0.6) is 0 Å². The maximum Gasteiger partial charge on any atom is 0.276 e. The van der Waals surface area contributed by atoms with E-state index in [1.807, 2.05) is 13.1 Å². The summed E-state index contributed by atoms with van der Waals surface area (Å²) in [5.74, 6) is -2.74. The van der Waals surface area contributed by atoms with Gasteiger partial charge in [-0.25, -0.2) is 4.98 Å². The number of carbonyl (C=O) groups excluding carboxylic acids is 3. The number of aliphatic carboxylic acids is 1. The number of nitrogens with zero attached hydrogens (tertiary/aromatic N) is 5. The van der Waals surface area contributed by atoms with E-state index >= 15 is 0 Å². The lowest BCUT2D eigenvalue weighted by Gasteiger charge is -2.50. The highest BCUT2D eigenvalue weighted by atomic mass is 32.2. The number of thiazole rings is 1. The van der Waals surface area contributed by atoms with E-state index in [9.17, 15) is 19.5 Å². The van der Waals surface area contributed by atoms with E-state index in [4.69, 9.17) is 10.6 Å². The van der Waals surface area contributed by atoms with Crippen LogP contribution < -0.4 is 20.8 Å². The number of rotatable bonds is 6. The maximum atomic E-state index is 13.1.